The second kappa shape index (κ2) is 4.23. The average Bonchev–Trinajstić information content (AvgIpc) is 2.60. The highest BCUT2D eigenvalue weighted by atomic mass is 16.5. The van der Waals surface area contributed by atoms with Crippen LogP contribution >= 0.6 is 0 Å². The molecule has 1 aromatic heterocycles. The summed E-state index contributed by atoms with van der Waals surface area (Å²) >= 11 is 0. The third kappa shape index (κ3) is 1.94. The quantitative estimate of drug-likeness (QED) is 0.728. The van der Waals surface area contributed by atoms with Gasteiger partial charge in [0.15, 0.2) is 6.23 Å². The summed E-state index contributed by atoms with van der Waals surface area (Å²) in [5.41, 5.74) is 10.9. The minimum absolute atomic E-state index is 0.115. The molecular weight excluding hydrogens is 208 g/mol. The maximum absolute atomic E-state index is 11.6. The van der Waals surface area contributed by atoms with Crippen LogP contribution in [0, 0.1) is 0 Å². The van der Waals surface area contributed by atoms with Crippen molar-refractivity contribution in [3.63, 3.8) is 0 Å². The first-order valence-electron chi connectivity index (χ1n) is 5.37. The Morgan fingerprint density at radius 1 is 1.69 bits per heavy atom. The predicted octanol–water partition coefficient (Wildman–Crippen LogP) is -0.150. The number of hydrogen-bond acceptors (Lipinski definition) is 5. The van der Waals surface area contributed by atoms with Gasteiger partial charge in [-0.25, -0.2) is 4.79 Å². The van der Waals surface area contributed by atoms with E-state index in [1.54, 1.807) is 12.3 Å². The lowest BCUT2D eigenvalue weighted by molar-refractivity contribution is -0.00648. The molecule has 2 rings (SSSR count). The van der Waals surface area contributed by atoms with Crippen LogP contribution in [0.15, 0.2) is 17.1 Å². The van der Waals surface area contributed by atoms with Gasteiger partial charge in [-0.05, 0) is 18.9 Å². The highest BCUT2D eigenvalue weighted by Crippen LogP contribution is 2.27. The van der Waals surface area contributed by atoms with E-state index >= 15 is 0 Å². The molecule has 1 unspecified atom stereocenters. The molecule has 88 valence electrons. The number of nitrogen functional groups attached to an aromatic ring is 1. The maximum Gasteiger partial charge on any atom is 0.351 e. The molecule has 3 atom stereocenters. The predicted molar refractivity (Wildman–Crippen MR) is 59.7 cm³/mol. The molecule has 0 spiro atoms. The Hall–Kier alpha value is -1.40. The van der Waals surface area contributed by atoms with Crippen LogP contribution in [0.5, 0.6) is 0 Å². The number of nitrogens with zero attached hydrogens (tertiary/aromatic N) is 2. The van der Waals surface area contributed by atoms with Crippen molar-refractivity contribution in [1.82, 2.24) is 9.55 Å². The summed E-state index contributed by atoms with van der Waals surface area (Å²) in [5.74, 6) is 0.208. The van der Waals surface area contributed by atoms with Gasteiger partial charge in [0, 0.05) is 6.20 Å². The molecule has 1 fully saturated rings. The molecule has 6 nitrogen and oxygen atoms in total. The molecule has 1 aliphatic rings. The van der Waals surface area contributed by atoms with E-state index in [0.717, 1.165) is 12.8 Å². The number of anilines is 1. The number of aromatic nitrogens is 2. The van der Waals surface area contributed by atoms with Gasteiger partial charge in [-0.3, -0.25) is 4.57 Å². The van der Waals surface area contributed by atoms with Crippen molar-refractivity contribution < 1.29 is 4.74 Å². The first-order valence-corrected chi connectivity index (χ1v) is 5.37. The second-order valence-electron chi connectivity index (χ2n) is 4.00. The molecule has 0 bridgehead atoms. The molecule has 0 amide bonds. The van der Waals surface area contributed by atoms with Crippen molar-refractivity contribution in [3.05, 3.63) is 22.7 Å². The fourth-order valence-electron chi connectivity index (χ4n) is 1.93. The van der Waals surface area contributed by atoms with Gasteiger partial charge in [0.25, 0.3) is 0 Å². The van der Waals surface area contributed by atoms with Crippen LogP contribution in [-0.2, 0) is 4.74 Å². The highest BCUT2D eigenvalue weighted by molar-refractivity contribution is 5.23. The van der Waals surface area contributed by atoms with E-state index in [1.165, 1.54) is 4.57 Å². The molecule has 2 heterocycles. The number of nitrogens with two attached hydrogens (primary N) is 2. The third-order valence-electron chi connectivity index (χ3n) is 2.81. The van der Waals surface area contributed by atoms with Crippen LogP contribution < -0.4 is 17.2 Å². The molecule has 4 N–H and O–H groups in total. The van der Waals surface area contributed by atoms with Gasteiger partial charge in [-0.2, -0.15) is 4.98 Å². The smallest absolute Gasteiger partial charge is 0.351 e. The van der Waals surface area contributed by atoms with Crippen molar-refractivity contribution >= 4 is 5.82 Å². The number of rotatable bonds is 2. The van der Waals surface area contributed by atoms with Gasteiger partial charge in [0.2, 0.25) is 0 Å². The summed E-state index contributed by atoms with van der Waals surface area (Å²) < 4.78 is 7.09. The van der Waals surface area contributed by atoms with E-state index < -0.39 is 11.9 Å². The zero-order chi connectivity index (χ0) is 11.7. The topological polar surface area (TPSA) is 96.2 Å². The zero-order valence-corrected chi connectivity index (χ0v) is 9.17. The molecule has 1 aromatic rings. The van der Waals surface area contributed by atoms with E-state index in [0.29, 0.717) is 0 Å². The van der Waals surface area contributed by atoms with Crippen LogP contribution in [0.2, 0.25) is 0 Å². The van der Waals surface area contributed by atoms with E-state index in [2.05, 4.69) is 4.98 Å². The van der Waals surface area contributed by atoms with Crippen molar-refractivity contribution in [1.29, 1.82) is 0 Å². The summed E-state index contributed by atoms with van der Waals surface area (Å²) in [5, 5.41) is 0. The largest absolute Gasteiger partial charge is 0.383 e. The fraction of sp³-hybridized carbons (Fsp3) is 0.600. The van der Waals surface area contributed by atoms with Crippen molar-refractivity contribution in [3.8, 4) is 0 Å². The molecule has 6 heteroatoms. The molecule has 0 saturated carbocycles. The Bertz CT molecular complexity index is 431. The van der Waals surface area contributed by atoms with Crippen molar-refractivity contribution in [2.75, 3.05) is 5.73 Å². The normalized spacial score (nSPS) is 29.5. The summed E-state index contributed by atoms with van der Waals surface area (Å²) in [4.78, 5) is 15.3. The molecule has 1 aliphatic heterocycles. The Morgan fingerprint density at radius 2 is 2.44 bits per heavy atom. The SMILES string of the molecule is CC[C@@H]1CC(N)[C@H](n2ccc(N)nc2=O)O1. The average molecular weight is 224 g/mol. The standard InChI is InChI=1S/C10H16N4O2/c1-2-6-5-7(11)9(16-6)14-4-3-8(12)13-10(14)15/h3-4,6-7,9H,2,5,11H2,1H3,(H2,12,13,15)/t6-,7?,9-/m1/s1. The van der Waals surface area contributed by atoms with Crippen LogP contribution in [0.4, 0.5) is 5.82 Å². The molecular formula is C10H16N4O2. The second-order valence-corrected chi connectivity index (χ2v) is 4.00. The lowest BCUT2D eigenvalue weighted by Crippen LogP contribution is -2.35. The Morgan fingerprint density at radius 3 is 3.00 bits per heavy atom. The van der Waals surface area contributed by atoms with Gasteiger partial charge in [0.05, 0.1) is 12.1 Å². The Balaban J connectivity index is 2.28. The molecule has 16 heavy (non-hydrogen) atoms. The molecule has 0 radical (unpaired) electrons. The van der Waals surface area contributed by atoms with Gasteiger partial charge < -0.3 is 16.2 Å². The lowest BCUT2D eigenvalue weighted by Gasteiger charge is -2.17. The highest BCUT2D eigenvalue weighted by Gasteiger charge is 2.33. The van der Waals surface area contributed by atoms with Crippen LogP contribution in [0.1, 0.15) is 26.0 Å². The third-order valence-corrected chi connectivity index (χ3v) is 2.81. The van der Waals surface area contributed by atoms with Crippen LogP contribution in [0.3, 0.4) is 0 Å². The first kappa shape index (κ1) is 11.1. The minimum atomic E-state index is -0.425. The van der Waals surface area contributed by atoms with E-state index in [1.807, 2.05) is 6.92 Å². The lowest BCUT2D eigenvalue weighted by atomic mass is 10.1. The zero-order valence-electron chi connectivity index (χ0n) is 9.17. The van der Waals surface area contributed by atoms with E-state index in [9.17, 15) is 4.79 Å². The van der Waals surface area contributed by atoms with Gasteiger partial charge in [-0.1, -0.05) is 6.92 Å². The van der Waals surface area contributed by atoms with Gasteiger partial charge in [-0.15, -0.1) is 0 Å². The summed E-state index contributed by atoms with van der Waals surface area (Å²) in [6.45, 7) is 2.03. The minimum Gasteiger partial charge on any atom is -0.383 e. The summed E-state index contributed by atoms with van der Waals surface area (Å²) in [7, 11) is 0. The summed E-state index contributed by atoms with van der Waals surface area (Å²) in [6.07, 6.45) is 2.92. The van der Waals surface area contributed by atoms with Crippen molar-refractivity contribution in [2.24, 2.45) is 5.73 Å². The maximum atomic E-state index is 11.6. The molecule has 0 aromatic carbocycles. The number of ether oxygens (including phenoxy) is 1. The van der Waals surface area contributed by atoms with Crippen LogP contribution in [0.25, 0.3) is 0 Å². The molecule has 1 saturated heterocycles. The Labute approximate surface area is 93.2 Å². The fourth-order valence-corrected chi connectivity index (χ4v) is 1.93. The summed E-state index contributed by atoms with van der Waals surface area (Å²) in [6, 6.07) is 1.39. The molecule has 0 aliphatic carbocycles. The van der Waals surface area contributed by atoms with E-state index in [4.69, 9.17) is 16.2 Å². The number of hydrogen-bond donors (Lipinski definition) is 2. The Kier molecular flexibility index (Phi) is 2.93. The van der Waals surface area contributed by atoms with Crippen molar-refractivity contribution in [2.45, 2.75) is 38.1 Å². The monoisotopic (exact) mass is 224 g/mol. The van der Waals surface area contributed by atoms with E-state index in [-0.39, 0.29) is 18.0 Å². The van der Waals surface area contributed by atoms with Gasteiger partial charge >= 0.3 is 5.69 Å². The first-order chi connectivity index (χ1) is 7.61. The van der Waals surface area contributed by atoms with Crippen LogP contribution in [-0.4, -0.2) is 21.7 Å². The van der Waals surface area contributed by atoms with Gasteiger partial charge in [0.1, 0.15) is 5.82 Å².